The predicted molar refractivity (Wildman–Crippen MR) is 124 cm³/mol. The summed E-state index contributed by atoms with van der Waals surface area (Å²) in [5.74, 6) is -0.775. The highest BCUT2D eigenvalue weighted by Gasteiger charge is 2.17. The summed E-state index contributed by atoms with van der Waals surface area (Å²) in [5, 5.41) is 51.1. The molecule has 0 bridgehead atoms. The minimum Gasteiger partial charge on any atom is -0.481 e. The van der Waals surface area contributed by atoms with Gasteiger partial charge in [0, 0.05) is 19.0 Å². The van der Waals surface area contributed by atoms with Crippen LogP contribution in [0.3, 0.4) is 0 Å². The zero-order chi connectivity index (χ0) is 23.5. The maximum absolute atomic E-state index is 10.6. The third kappa shape index (κ3) is 18.1. The zero-order valence-electron chi connectivity index (χ0n) is 19.4. The first-order valence-corrected chi connectivity index (χ1v) is 11.8. The van der Waals surface area contributed by atoms with Gasteiger partial charge in [0.15, 0.2) is 0 Å². The van der Waals surface area contributed by atoms with Crippen molar-refractivity contribution < 1.29 is 30.3 Å². The van der Waals surface area contributed by atoms with Gasteiger partial charge >= 0.3 is 5.97 Å². The highest BCUT2D eigenvalue weighted by molar-refractivity contribution is 5.66. The van der Waals surface area contributed by atoms with Crippen LogP contribution in [0.4, 0.5) is 0 Å². The van der Waals surface area contributed by atoms with Gasteiger partial charge in [-0.1, -0.05) is 69.2 Å². The molecule has 182 valence electrons. The van der Waals surface area contributed by atoms with Crippen molar-refractivity contribution in [2.24, 2.45) is 0 Å². The number of unbranched alkanes of at least 4 members (excludes halogenated alkanes) is 5. The van der Waals surface area contributed by atoms with Gasteiger partial charge in [-0.3, -0.25) is 4.79 Å². The quantitative estimate of drug-likeness (QED) is 0.126. The Morgan fingerprint density at radius 1 is 1.00 bits per heavy atom. The minimum absolute atomic E-state index is 0.0860. The molecule has 0 spiro atoms. The van der Waals surface area contributed by atoms with E-state index >= 15 is 0 Å². The van der Waals surface area contributed by atoms with Crippen LogP contribution in [-0.2, 0) is 4.79 Å². The summed E-state index contributed by atoms with van der Waals surface area (Å²) >= 11 is 0. The molecule has 0 aliphatic carbocycles. The number of rotatable bonds is 20. The average Bonchev–Trinajstić information content (AvgIpc) is 2.71. The van der Waals surface area contributed by atoms with Crippen molar-refractivity contribution in [3.63, 3.8) is 0 Å². The molecule has 4 atom stereocenters. The van der Waals surface area contributed by atoms with Gasteiger partial charge in [0.05, 0.1) is 24.9 Å². The van der Waals surface area contributed by atoms with Gasteiger partial charge in [-0.15, -0.1) is 0 Å². The maximum Gasteiger partial charge on any atom is 0.303 e. The lowest BCUT2D eigenvalue weighted by Crippen LogP contribution is -2.37. The Labute approximate surface area is 187 Å². The van der Waals surface area contributed by atoms with Crippen molar-refractivity contribution in [3.8, 4) is 0 Å². The van der Waals surface area contributed by atoms with Crippen molar-refractivity contribution in [1.29, 1.82) is 0 Å². The molecule has 0 heterocycles. The smallest absolute Gasteiger partial charge is 0.303 e. The molecule has 0 fully saturated rings. The van der Waals surface area contributed by atoms with Crippen molar-refractivity contribution in [1.82, 2.24) is 5.32 Å². The predicted octanol–water partition coefficient (Wildman–Crippen LogP) is 2.92. The minimum atomic E-state index is -0.874. The highest BCUT2D eigenvalue weighted by atomic mass is 16.4. The standard InChI is InChI=1S/C24H45NO6/c1-3-4-7-12-21(28)13-10-11-20(16-22(29)18-26)23(25-17-19(2)27)14-8-5-6-9-15-24(30)31/h10-11,13,19,21-23,25-29H,3-9,12,14-18H2,1-2H3,(H,30,31)/b13-10+,20-11+/t19-,21-,22-,23-/m0/s1. The number of carboxylic acids is 1. The third-order valence-corrected chi connectivity index (χ3v) is 5.17. The molecular weight excluding hydrogens is 398 g/mol. The lowest BCUT2D eigenvalue weighted by Gasteiger charge is -2.24. The molecule has 0 aliphatic rings. The van der Waals surface area contributed by atoms with Crippen LogP contribution in [0.2, 0.25) is 0 Å². The van der Waals surface area contributed by atoms with E-state index in [1.54, 1.807) is 19.1 Å². The monoisotopic (exact) mass is 443 g/mol. The fraction of sp³-hybridized carbons (Fsp3) is 0.792. The van der Waals surface area contributed by atoms with Crippen molar-refractivity contribution in [2.75, 3.05) is 13.2 Å². The average molecular weight is 444 g/mol. The molecule has 0 aromatic carbocycles. The normalized spacial score (nSPS) is 16.4. The summed E-state index contributed by atoms with van der Waals surface area (Å²) in [6, 6.07) is -0.0860. The number of aliphatic hydroxyl groups excluding tert-OH is 4. The fourth-order valence-corrected chi connectivity index (χ4v) is 3.38. The van der Waals surface area contributed by atoms with Crippen LogP contribution in [0.1, 0.15) is 84.5 Å². The Balaban J connectivity index is 5.04. The molecule has 7 nitrogen and oxygen atoms in total. The fourth-order valence-electron chi connectivity index (χ4n) is 3.38. The summed E-state index contributed by atoms with van der Waals surface area (Å²) < 4.78 is 0. The van der Waals surface area contributed by atoms with Crippen molar-refractivity contribution >= 4 is 5.97 Å². The lowest BCUT2D eigenvalue weighted by atomic mass is 9.94. The molecule has 0 aromatic heterocycles. The van der Waals surface area contributed by atoms with E-state index in [2.05, 4.69) is 12.2 Å². The van der Waals surface area contributed by atoms with E-state index in [0.717, 1.165) is 50.5 Å². The molecule has 0 amide bonds. The number of aliphatic hydroxyl groups is 4. The molecule has 0 radical (unpaired) electrons. The largest absolute Gasteiger partial charge is 0.481 e. The number of nitrogens with one attached hydrogen (secondary N) is 1. The SMILES string of the molecule is CCCCC[C@H](O)/C=C/C=C(\C[C@H](O)CO)[C@H](CCCCCCC(=O)O)NC[C@H](C)O. The second-order valence-corrected chi connectivity index (χ2v) is 8.39. The molecule has 0 saturated carbocycles. The summed E-state index contributed by atoms with van der Waals surface area (Å²) in [4.78, 5) is 10.6. The number of carbonyl (C=O) groups is 1. The highest BCUT2D eigenvalue weighted by Crippen LogP contribution is 2.18. The Morgan fingerprint density at radius 3 is 2.29 bits per heavy atom. The number of allylic oxidation sites excluding steroid dienone is 2. The summed E-state index contributed by atoms with van der Waals surface area (Å²) in [6.07, 6.45) is 12.0. The van der Waals surface area contributed by atoms with Gasteiger partial charge in [0.25, 0.3) is 0 Å². The molecular formula is C24H45NO6. The number of hydrogen-bond acceptors (Lipinski definition) is 6. The second kappa shape index (κ2) is 19.4. The summed E-state index contributed by atoms with van der Waals surface area (Å²) in [6.45, 7) is 3.89. The lowest BCUT2D eigenvalue weighted by molar-refractivity contribution is -0.137. The van der Waals surface area contributed by atoms with E-state index in [0.29, 0.717) is 25.8 Å². The van der Waals surface area contributed by atoms with E-state index in [1.165, 1.54) is 0 Å². The van der Waals surface area contributed by atoms with Gasteiger partial charge in [0.2, 0.25) is 0 Å². The van der Waals surface area contributed by atoms with Crippen LogP contribution >= 0.6 is 0 Å². The molecule has 0 unspecified atom stereocenters. The first-order chi connectivity index (χ1) is 14.8. The van der Waals surface area contributed by atoms with Crippen LogP contribution in [0.15, 0.2) is 23.8 Å². The van der Waals surface area contributed by atoms with E-state index < -0.39 is 24.3 Å². The van der Waals surface area contributed by atoms with Gasteiger partial charge in [0.1, 0.15) is 0 Å². The topological polar surface area (TPSA) is 130 Å². The Kier molecular flexibility index (Phi) is 18.7. The summed E-state index contributed by atoms with van der Waals surface area (Å²) in [7, 11) is 0. The number of carboxylic acid groups (broad SMARTS) is 1. The Hall–Kier alpha value is -1.25. The van der Waals surface area contributed by atoms with Crippen molar-refractivity contribution in [2.45, 2.75) is 109 Å². The molecule has 0 aliphatic heterocycles. The van der Waals surface area contributed by atoms with Crippen LogP contribution < -0.4 is 5.32 Å². The molecule has 0 rings (SSSR count). The van der Waals surface area contributed by atoms with Crippen LogP contribution in [0.25, 0.3) is 0 Å². The zero-order valence-corrected chi connectivity index (χ0v) is 19.4. The van der Waals surface area contributed by atoms with E-state index in [9.17, 15) is 25.2 Å². The van der Waals surface area contributed by atoms with E-state index in [4.69, 9.17) is 5.11 Å². The number of hydrogen-bond donors (Lipinski definition) is 6. The van der Waals surface area contributed by atoms with E-state index in [-0.39, 0.29) is 19.1 Å². The van der Waals surface area contributed by atoms with Crippen LogP contribution in [0, 0.1) is 0 Å². The van der Waals surface area contributed by atoms with Crippen molar-refractivity contribution in [3.05, 3.63) is 23.8 Å². The maximum atomic E-state index is 10.6. The van der Waals surface area contributed by atoms with Gasteiger partial charge in [-0.25, -0.2) is 0 Å². The number of aliphatic carboxylic acids is 1. The van der Waals surface area contributed by atoms with Gasteiger partial charge < -0.3 is 30.8 Å². The summed E-state index contributed by atoms with van der Waals surface area (Å²) in [5.41, 5.74) is 0.907. The van der Waals surface area contributed by atoms with Crippen LogP contribution in [-0.4, -0.2) is 69.0 Å². The van der Waals surface area contributed by atoms with Gasteiger partial charge in [-0.2, -0.15) is 0 Å². The first-order valence-electron chi connectivity index (χ1n) is 11.8. The molecule has 7 heteroatoms. The van der Waals surface area contributed by atoms with Crippen LogP contribution in [0.5, 0.6) is 0 Å². The van der Waals surface area contributed by atoms with Gasteiger partial charge in [-0.05, 0) is 32.6 Å². The second-order valence-electron chi connectivity index (χ2n) is 8.39. The molecule has 0 saturated heterocycles. The molecule has 6 N–H and O–H groups in total. The molecule has 31 heavy (non-hydrogen) atoms. The molecule has 0 aromatic rings. The Morgan fingerprint density at radius 2 is 1.68 bits per heavy atom. The first kappa shape index (κ1) is 29.8. The Bertz CT molecular complexity index is 506. The van der Waals surface area contributed by atoms with E-state index in [1.807, 2.05) is 6.08 Å². The third-order valence-electron chi connectivity index (χ3n) is 5.17.